The average molecular weight is 336 g/mol. The number of thiazole rings is 1. The zero-order valence-electron chi connectivity index (χ0n) is 11.6. The minimum Gasteiger partial charge on any atom is -0.464 e. The molecule has 1 aliphatic rings. The van der Waals surface area contributed by atoms with Crippen molar-refractivity contribution >= 4 is 27.3 Å². The second-order valence-corrected chi connectivity index (χ2v) is 7.54. The lowest BCUT2D eigenvalue weighted by Crippen LogP contribution is -2.50. The van der Waals surface area contributed by atoms with E-state index in [0.29, 0.717) is 0 Å². The largest absolute Gasteiger partial charge is 0.464 e. The van der Waals surface area contributed by atoms with Crippen molar-refractivity contribution in [1.82, 2.24) is 9.29 Å². The first-order valence-electron chi connectivity index (χ1n) is 6.18. The van der Waals surface area contributed by atoms with Crippen LogP contribution in [0.3, 0.4) is 0 Å². The summed E-state index contributed by atoms with van der Waals surface area (Å²) in [6.07, 6.45) is -0.932. The lowest BCUT2D eigenvalue weighted by Gasteiger charge is -2.34. The molecule has 21 heavy (non-hydrogen) atoms. The first kappa shape index (κ1) is 16.3. The van der Waals surface area contributed by atoms with E-state index in [9.17, 15) is 18.3 Å². The lowest BCUT2D eigenvalue weighted by molar-refractivity contribution is -0.0750. The summed E-state index contributed by atoms with van der Waals surface area (Å²) in [6, 6.07) is 0. The molecule has 2 heterocycles. The molecule has 0 spiro atoms. The van der Waals surface area contributed by atoms with E-state index in [1.54, 1.807) is 6.92 Å². The van der Waals surface area contributed by atoms with Gasteiger partial charge in [-0.2, -0.15) is 4.31 Å². The number of aromatic nitrogens is 1. The molecule has 1 fully saturated rings. The Kier molecular flexibility index (Phi) is 4.94. The number of carbonyl (C=O) groups is 1. The number of nitrogens with zero attached hydrogens (tertiary/aromatic N) is 2. The molecule has 0 radical (unpaired) electrons. The van der Waals surface area contributed by atoms with E-state index in [2.05, 4.69) is 9.72 Å². The second kappa shape index (κ2) is 6.36. The molecule has 1 aromatic rings. The van der Waals surface area contributed by atoms with E-state index in [0.717, 1.165) is 18.4 Å². The van der Waals surface area contributed by atoms with Gasteiger partial charge in [0.2, 0.25) is 0 Å². The van der Waals surface area contributed by atoms with Gasteiger partial charge < -0.3 is 14.6 Å². The fourth-order valence-electron chi connectivity index (χ4n) is 2.07. The summed E-state index contributed by atoms with van der Waals surface area (Å²) in [5.41, 5.74) is 1.06. The molecule has 2 rings (SSSR count). The maximum atomic E-state index is 12.6. The standard InChI is InChI=1S/C11H16N2O6S2/c1-7-3-13(4-8(5-14)19-7)21(16,17)11-9(10(15)18-2)12-6-20-11/h6-8,14H,3-5H2,1-2H3. The molecule has 1 N–H and O–H groups in total. The highest BCUT2D eigenvalue weighted by Crippen LogP contribution is 2.27. The molecule has 8 nitrogen and oxygen atoms in total. The normalized spacial score (nSPS) is 24.0. The Hall–Kier alpha value is -1.07. The molecule has 0 amide bonds. The zero-order chi connectivity index (χ0) is 15.6. The highest BCUT2D eigenvalue weighted by atomic mass is 32.2. The summed E-state index contributed by atoms with van der Waals surface area (Å²) < 4.78 is 36.3. The lowest BCUT2D eigenvalue weighted by atomic mass is 10.2. The van der Waals surface area contributed by atoms with Crippen LogP contribution in [0.15, 0.2) is 9.72 Å². The molecular weight excluding hydrogens is 320 g/mol. The van der Waals surface area contributed by atoms with Crippen LogP contribution in [-0.2, 0) is 19.5 Å². The molecular formula is C11H16N2O6S2. The smallest absolute Gasteiger partial charge is 0.358 e. The fourth-order valence-corrected chi connectivity index (χ4v) is 4.89. The average Bonchev–Trinajstić information content (AvgIpc) is 2.95. The molecule has 0 saturated carbocycles. The predicted octanol–water partition coefficient (Wildman–Crippen LogP) is -0.300. The first-order valence-corrected chi connectivity index (χ1v) is 8.50. The SMILES string of the molecule is COC(=O)c1ncsc1S(=O)(=O)N1CC(C)OC(CO)C1. The number of morpholine rings is 1. The Morgan fingerprint density at radius 3 is 2.95 bits per heavy atom. The summed E-state index contributed by atoms with van der Waals surface area (Å²) in [5.74, 6) is -0.796. The number of esters is 1. The maximum Gasteiger partial charge on any atom is 0.358 e. The van der Waals surface area contributed by atoms with Gasteiger partial charge in [-0.1, -0.05) is 0 Å². The number of methoxy groups -OCH3 is 1. The van der Waals surface area contributed by atoms with Crippen LogP contribution >= 0.6 is 11.3 Å². The van der Waals surface area contributed by atoms with Gasteiger partial charge in [-0.3, -0.25) is 0 Å². The third kappa shape index (κ3) is 3.24. The number of aliphatic hydroxyl groups is 1. The predicted molar refractivity (Wildman–Crippen MR) is 73.6 cm³/mol. The number of ether oxygens (including phenoxy) is 2. The fraction of sp³-hybridized carbons (Fsp3) is 0.636. The van der Waals surface area contributed by atoms with Crippen LogP contribution in [0.4, 0.5) is 0 Å². The van der Waals surface area contributed by atoms with Crippen LogP contribution in [0.1, 0.15) is 17.4 Å². The van der Waals surface area contributed by atoms with Crippen LogP contribution in [0.2, 0.25) is 0 Å². The van der Waals surface area contributed by atoms with Crippen LogP contribution in [0, 0.1) is 0 Å². The van der Waals surface area contributed by atoms with Gasteiger partial charge in [0.1, 0.15) is 0 Å². The summed E-state index contributed by atoms with van der Waals surface area (Å²) >= 11 is 0.859. The van der Waals surface area contributed by atoms with E-state index in [1.165, 1.54) is 9.82 Å². The van der Waals surface area contributed by atoms with Crippen LogP contribution in [0.5, 0.6) is 0 Å². The Morgan fingerprint density at radius 2 is 2.33 bits per heavy atom. The molecule has 1 saturated heterocycles. The number of hydrogen-bond acceptors (Lipinski definition) is 8. The zero-order valence-corrected chi connectivity index (χ0v) is 13.2. The van der Waals surface area contributed by atoms with E-state index in [4.69, 9.17) is 4.74 Å². The third-order valence-electron chi connectivity index (χ3n) is 2.98. The number of rotatable bonds is 4. The van der Waals surface area contributed by atoms with E-state index in [1.807, 2.05) is 0 Å². The van der Waals surface area contributed by atoms with Gasteiger partial charge in [-0.25, -0.2) is 18.2 Å². The molecule has 1 aromatic heterocycles. The van der Waals surface area contributed by atoms with Gasteiger partial charge >= 0.3 is 5.97 Å². The van der Waals surface area contributed by atoms with Crippen LogP contribution in [-0.4, -0.2) is 67.8 Å². The van der Waals surface area contributed by atoms with Crippen molar-refractivity contribution in [3.8, 4) is 0 Å². The Morgan fingerprint density at radius 1 is 1.62 bits per heavy atom. The minimum atomic E-state index is -3.88. The van der Waals surface area contributed by atoms with Crippen molar-refractivity contribution in [2.24, 2.45) is 0 Å². The quantitative estimate of drug-likeness (QED) is 0.752. The van der Waals surface area contributed by atoms with Crippen molar-refractivity contribution in [3.05, 3.63) is 11.2 Å². The molecule has 10 heteroatoms. The Labute approximate surface area is 126 Å². The van der Waals surface area contributed by atoms with Crippen molar-refractivity contribution in [2.75, 3.05) is 26.8 Å². The minimum absolute atomic E-state index is 0.0295. The summed E-state index contributed by atoms with van der Waals surface area (Å²) in [5, 5.41) is 9.17. The Balaban J connectivity index is 2.34. The molecule has 0 aliphatic carbocycles. The van der Waals surface area contributed by atoms with Crippen LogP contribution in [0.25, 0.3) is 0 Å². The monoisotopic (exact) mass is 336 g/mol. The molecule has 1 aliphatic heterocycles. The molecule has 0 bridgehead atoms. The van der Waals surface area contributed by atoms with E-state index in [-0.39, 0.29) is 35.7 Å². The van der Waals surface area contributed by atoms with Gasteiger partial charge in [0.05, 0.1) is 31.4 Å². The summed E-state index contributed by atoms with van der Waals surface area (Å²) in [4.78, 5) is 15.3. The van der Waals surface area contributed by atoms with Crippen molar-refractivity contribution < 1.29 is 27.8 Å². The van der Waals surface area contributed by atoms with Crippen LogP contribution < -0.4 is 0 Å². The highest BCUT2D eigenvalue weighted by Gasteiger charge is 2.37. The van der Waals surface area contributed by atoms with E-state index < -0.39 is 22.1 Å². The topological polar surface area (TPSA) is 106 Å². The van der Waals surface area contributed by atoms with Gasteiger partial charge in [-0.15, -0.1) is 11.3 Å². The van der Waals surface area contributed by atoms with Crippen molar-refractivity contribution in [3.63, 3.8) is 0 Å². The van der Waals surface area contributed by atoms with Gasteiger partial charge in [0, 0.05) is 13.1 Å². The number of aliphatic hydroxyl groups excluding tert-OH is 1. The molecule has 118 valence electrons. The highest BCUT2D eigenvalue weighted by molar-refractivity contribution is 7.91. The number of carbonyl (C=O) groups excluding carboxylic acids is 1. The summed E-state index contributed by atoms with van der Waals surface area (Å²) in [6.45, 7) is 1.63. The van der Waals surface area contributed by atoms with Gasteiger partial charge in [0.25, 0.3) is 10.0 Å². The second-order valence-electron chi connectivity index (χ2n) is 4.55. The van der Waals surface area contributed by atoms with Crippen molar-refractivity contribution in [1.29, 1.82) is 0 Å². The van der Waals surface area contributed by atoms with Gasteiger partial charge in [0.15, 0.2) is 9.90 Å². The van der Waals surface area contributed by atoms with E-state index >= 15 is 0 Å². The summed E-state index contributed by atoms with van der Waals surface area (Å²) in [7, 11) is -2.72. The third-order valence-corrected chi connectivity index (χ3v) is 6.16. The first-order chi connectivity index (χ1) is 9.90. The molecule has 2 atom stereocenters. The molecule has 0 aromatic carbocycles. The number of hydrogen-bond donors (Lipinski definition) is 1. The van der Waals surface area contributed by atoms with Gasteiger partial charge in [-0.05, 0) is 6.92 Å². The van der Waals surface area contributed by atoms with Crippen molar-refractivity contribution in [2.45, 2.75) is 23.3 Å². The Bertz CT molecular complexity index is 614. The number of sulfonamides is 1. The maximum absolute atomic E-state index is 12.6. The molecule has 2 unspecified atom stereocenters.